The predicted octanol–water partition coefficient (Wildman–Crippen LogP) is 0.241. The first-order chi connectivity index (χ1) is 7.20. The molecule has 0 aliphatic carbocycles. The maximum atomic E-state index is 11.9. The van der Waals surface area contributed by atoms with Gasteiger partial charge in [-0.15, -0.1) is 0 Å². The molecule has 0 aromatic carbocycles. The molecule has 15 heavy (non-hydrogen) atoms. The molecule has 2 fully saturated rings. The Bertz CT molecular complexity index is 273. The molecule has 2 rings (SSSR count). The van der Waals surface area contributed by atoms with E-state index in [4.69, 9.17) is 9.84 Å². The van der Waals surface area contributed by atoms with Gasteiger partial charge in [0.2, 0.25) is 0 Å². The number of carbonyl (C=O) groups is 2. The Labute approximate surface area is 88.0 Å². The summed E-state index contributed by atoms with van der Waals surface area (Å²) in [5, 5.41) is 8.94. The maximum Gasteiger partial charge on any atom is 0.326 e. The van der Waals surface area contributed by atoms with Crippen LogP contribution >= 0.6 is 0 Å². The van der Waals surface area contributed by atoms with E-state index in [2.05, 4.69) is 0 Å². The van der Waals surface area contributed by atoms with Gasteiger partial charge in [-0.3, -0.25) is 4.79 Å². The molecule has 2 aliphatic heterocycles. The van der Waals surface area contributed by atoms with E-state index in [0.29, 0.717) is 19.6 Å². The molecule has 0 radical (unpaired) electrons. The highest BCUT2D eigenvalue weighted by Crippen LogP contribution is 2.22. The molecule has 0 aromatic heterocycles. The number of carboxylic acid groups (broad SMARTS) is 1. The topological polar surface area (TPSA) is 66.8 Å². The Morgan fingerprint density at radius 3 is 2.67 bits per heavy atom. The fourth-order valence-corrected chi connectivity index (χ4v) is 2.24. The molecule has 2 atom stereocenters. The number of ether oxygens (including phenoxy) is 1. The van der Waals surface area contributed by atoms with Gasteiger partial charge in [-0.2, -0.15) is 0 Å². The highest BCUT2D eigenvalue weighted by atomic mass is 16.5. The third kappa shape index (κ3) is 1.97. The number of aliphatic carboxylic acids is 1. The molecule has 0 aromatic rings. The average molecular weight is 213 g/mol. The normalized spacial score (nSPS) is 30.8. The fraction of sp³-hybridized carbons (Fsp3) is 0.800. The Kier molecular flexibility index (Phi) is 2.90. The Morgan fingerprint density at radius 1 is 1.27 bits per heavy atom. The number of rotatable bonds is 2. The SMILES string of the molecule is O=C(O)[C@@H]1CCCN1C(=O)[C@@H]1CCCO1. The van der Waals surface area contributed by atoms with Crippen molar-refractivity contribution in [1.82, 2.24) is 4.90 Å². The summed E-state index contributed by atoms with van der Waals surface area (Å²) in [6, 6.07) is -0.637. The van der Waals surface area contributed by atoms with Crippen LogP contribution in [-0.4, -0.2) is 47.2 Å². The van der Waals surface area contributed by atoms with Gasteiger partial charge in [-0.25, -0.2) is 4.79 Å². The van der Waals surface area contributed by atoms with E-state index in [-0.39, 0.29) is 5.91 Å². The summed E-state index contributed by atoms with van der Waals surface area (Å²) >= 11 is 0. The van der Waals surface area contributed by atoms with Crippen molar-refractivity contribution < 1.29 is 19.4 Å². The minimum atomic E-state index is -0.904. The first kappa shape index (κ1) is 10.4. The number of likely N-dealkylation sites (tertiary alicyclic amines) is 1. The number of amides is 1. The van der Waals surface area contributed by atoms with Crippen LogP contribution in [0.1, 0.15) is 25.7 Å². The molecule has 2 saturated heterocycles. The molecular weight excluding hydrogens is 198 g/mol. The molecule has 5 heteroatoms. The van der Waals surface area contributed by atoms with Gasteiger partial charge < -0.3 is 14.7 Å². The molecule has 1 amide bonds. The van der Waals surface area contributed by atoms with Gasteiger partial charge in [0.05, 0.1) is 0 Å². The second-order valence-corrected chi connectivity index (χ2v) is 4.03. The van der Waals surface area contributed by atoms with Gasteiger partial charge in [0, 0.05) is 13.2 Å². The highest BCUT2D eigenvalue weighted by molar-refractivity contribution is 5.87. The van der Waals surface area contributed by atoms with Gasteiger partial charge in [0.15, 0.2) is 0 Å². The van der Waals surface area contributed by atoms with Crippen LogP contribution in [0.25, 0.3) is 0 Å². The van der Waals surface area contributed by atoms with Crippen molar-refractivity contribution in [3.8, 4) is 0 Å². The predicted molar refractivity (Wildman–Crippen MR) is 51.3 cm³/mol. The third-order valence-electron chi connectivity index (χ3n) is 3.03. The summed E-state index contributed by atoms with van der Waals surface area (Å²) in [4.78, 5) is 24.3. The van der Waals surface area contributed by atoms with Crippen LogP contribution in [0.5, 0.6) is 0 Å². The lowest BCUT2D eigenvalue weighted by Crippen LogP contribution is -2.45. The summed E-state index contributed by atoms with van der Waals surface area (Å²) in [5.41, 5.74) is 0. The van der Waals surface area contributed by atoms with Crippen LogP contribution in [0.15, 0.2) is 0 Å². The third-order valence-corrected chi connectivity index (χ3v) is 3.03. The number of nitrogens with zero attached hydrogens (tertiary/aromatic N) is 1. The first-order valence-corrected chi connectivity index (χ1v) is 5.35. The zero-order valence-electron chi connectivity index (χ0n) is 8.52. The van der Waals surface area contributed by atoms with Gasteiger partial charge in [0.1, 0.15) is 12.1 Å². The first-order valence-electron chi connectivity index (χ1n) is 5.35. The van der Waals surface area contributed by atoms with Gasteiger partial charge in [-0.05, 0) is 25.7 Å². The molecule has 0 spiro atoms. The molecule has 0 saturated carbocycles. The lowest BCUT2D eigenvalue weighted by molar-refractivity contribution is -0.152. The molecule has 2 heterocycles. The smallest absolute Gasteiger partial charge is 0.326 e. The van der Waals surface area contributed by atoms with Crippen LogP contribution in [0.2, 0.25) is 0 Å². The van der Waals surface area contributed by atoms with Crippen molar-refractivity contribution in [3.05, 3.63) is 0 Å². The van der Waals surface area contributed by atoms with Crippen molar-refractivity contribution in [3.63, 3.8) is 0 Å². The largest absolute Gasteiger partial charge is 0.480 e. The quantitative estimate of drug-likeness (QED) is 0.713. The van der Waals surface area contributed by atoms with E-state index in [1.54, 1.807) is 0 Å². The average Bonchev–Trinajstić information content (AvgIpc) is 2.88. The number of hydrogen-bond donors (Lipinski definition) is 1. The summed E-state index contributed by atoms with van der Waals surface area (Å²) in [5.74, 6) is -1.05. The second kappa shape index (κ2) is 4.18. The van der Waals surface area contributed by atoms with Gasteiger partial charge in [-0.1, -0.05) is 0 Å². The van der Waals surface area contributed by atoms with Crippen molar-refractivity contribution in [1.29, 1.82) is 0 Å². The molecule has 0 unspecified atom stereocenters. The Morgan fingerprint density at radius 2 is 2.07 bits per heavy atom. The highest BCUT2D eigenvalue weighted by Gasteiger charge is 2.38. The molecule has 84 valence electrons. The number of carbonyl (C=O) groups excluding carboxylic acids is 1. The monoisotopic (exact) mass is 213 g/mol. The van der Waals surface area contributed by atoms with Gasteiger partial charge >= 0.3 is 5.97 Å². The van der Waals surface area contributed by atoms with E-state index in [9.17, 15) is 9.59 Å². The standard InChI is InChI=1S/C10H15NO4/c12-9(8-4-2-6-15-8)11-5-1-3-7(11)10(13)14/h7-8H,1-6H2,(H,13,14)/t7-,8-/m0/s1. The van der Waals surface area contributed by atoms with E-state index in [0.717, 1.165) is 19.3 Å². The molecule has 5 nitrogen and oxygen atoms in total. The van der Waals surface area contributed by atoms with Crippen molar-refractivity contribution >= 4 is 11.9 Å². The van der Waals surface area contributed by atoms with Crippen molar-refractivity contribution in [2.75, 3.05) is 13.2 Å². The van der Waals surface area contributed by atoms with E-state index in [1.807, 2.05) is 0 Å². The van der Waals surface area contributed by atoms with E-state index >= 15 is 0 Å². The summed E-state index contributed by atoms with van der Waals surface area (Å²) in [6.07, 6.45) is 2.55. The van der Waals surface area contributed by atoms with Crippen molar-refractivity contribution in [2.45, 2.75) is 37.8 Å². The molecular formula is C10H15NO4. The van der Waals surface area contributed by atoms with Crippen LogP contribution < -0.4 is 0 Å². The Hall–Kier alpha value is -1.10. The number of carboxylic acids is 1. The lowest BCUT2D eigenvalue weighted by atomic mass is 10.2. The van der Waals surface area contributed by atoms with Crippen molar-refractivity contribution in [2.24, 2.45) is 0 Å². The second-order valence-electron chi connectivity index (χ2n) is 4.03. The zero-order valence-corrected chi connectivity index (χ0v) is 8.52. The minimum Gasteiger partial charge on any atom is -0.480 e. The number of hydrogen-bond acceptors (Lipinski definition) is 3. The Balaban J connectivity index is 2.02. The van der Waals surface area contributed by atoms with Crippen LogP contribution in [0, 0.1) is 0 Å². The van der Waals surface area contributed by atoms with Crippen LogP contribution in [0.4, 0.5) is 0 Å². The summed E-state index contributed by atoms with van der Waals surface area (Å²) in [6.45, 7) is 1.16. The molecule has 0 bridgehead atoms. The summed E-state index contributed by atoms with van der Waals surface area (Å²) < 4.78 is 5.27. The fourth-order valence-electron chi connectivity index (χ4n) is 2.24. The molecule has 2 aliphatic rings. The lowest BCUT2D eigenvalue weighted by Gasteiger charge is -2.24. The zero-order chi connectivity index (χ0) is 10.8. The minimum absolute atomic E-state index is 0.141. The summed E-state index contributed by atoms with van der Waals surface area (Å²) in [7, 11) is 0. The van der Waals surface area contributed by atoms with E-state index in [1.165, 1.54) is 4.90 Å². The van der Waals surface area contributed by atoms with Crippen LogP contribution in [0.3, 0.4) is 0 Å². The maximum absolute atomic E-state index is 11.9. The van der Waals surface area contributed by atoms with E-state index < -0.39 is 18.1 Å². The van der Waals surface area contributed by atoms with Crippen LogP contribution in [-0.2, 0) is 14.3 Å². The molecule has 1 N–H and O–H groups in total. The van der Waals surface area contributed by atoms with Gasteiger partial charge in [0.25, 0.3) is 5.91 Å².